The molecule has 7 rings (SSSR count). The Hall–Kier alpha value is -3.40. The summed E-state index contributed by atoms with van der Waals surface area (Å²) in [7, 11) is 0. The van der Waals surface area contributed by atoms with Crippen LogP contribution in [-0.2, 0) is 11.3 Å². The number of rotatable bonds is 8. The number of benzene rings is 2. The van der Waals surface area contributed by atoms with Crippen molar-refractivity contribution in [3.05, 3.63) is 69.4 Å². The van der Waals surface area contributed by atoms with Crippen molar-refractivity contribution in [3.63, 3.8) is 0 Å². The molecule has 0 radical (unpaired) electrons. The largest absolute Gasteiger partial charge is 0.478 e. The van der Waals surface area contributed by atoms with Gasteiger partial charge < -0.3 is 23.7 Å². The van der Waals surface area contributed by atoms with Crippen LogP contribution in [0.3, 0.4) is 0 Å². The first-order chi connectivity index (χ1) is 19.5. The van der Waals surface area contributed by atoms with Crippen molar-refractivity contribution in [2.24, 2.45) is 0 Å². The van der Waals surface area contributed by atoms with Crippen molar-refractivity contribution in [2.75, 3.05) is 4.90 Å². The van der Waals surface area contributed by atoms with Gasteiger partial charge >= 0.3 is 12.0 Å². The highest BCUT2D eigenvalue weighted by molar-refractivity contribution is 6.39. The van der Waals surface area contributed by atoms with Crippen molar-refractivity contribution in [1.29, 1.82) is 0 Å². The molecule has 0 amide bonds. The Morgan fingerprint density at radius 3 is 2.45 bits per heavy atom. The molecule has 0 spiro atoms. The summed E-state index contributed by atoms with van der Waals surface area (Å²) in [6.07, 6.45) is 5.89. The van der Waals surface area contributed by atoms with E-state index in [1.54, 1.807) is 30.3 Å². The zero-order chi connectivity index (χ0) is 27.4. The van der Waals surface area contributed by atoms with Gasteiger partial charge in [0.2, 0.25) is 5.89 Å². The molecule has 2 aromatic carbocycles. The van der Waals surface area contributed by atoms with Crippen LogP contribution in [0.2, 0.25) is 10.0 Å². The Labute approximate surface area is 240 Å². The van der Waals surface area contributed by atoms with Gasteiger partial charge in [0.1, 0.15) is 11.5 Å². The van der Waals surface area contributed by atoms with E-state index in [4.69, 9.17) is 36.9 Å². The minimum absolute atomic E-state index is 0.0555. The van der Waals surface area contributed by atoms with E-state index >= 15 is 0 Å². The van der Waals surface area contributed by atoms with E-state index in [1.807, 2.05) is 6.07 Å². The SMILES string of the molecule is O=C(O)c1cccc(-c2nnc(N3C4CCC3CC(OCc3c(-c5c(Cl)cccc5Cl)noc3C3CC3)C4)o2)c1. The molecule has 2 saturated heterocycles. The Morgan fingerprint density at radius 2 is 1.75 bits per heavy atom. The molecule has 1 aliphatic carbocycles. The molecule has 9 nitrogen and oxygen atoms in total. The fourth-order valence-corrected chi connectivity index (χ4v) is 6.62. The number of carboxylic acid groups (broad SMARTS) is 1. The molecule has 2 unspecified atom stereocenters. The highest BCUT2D eigenvalue weighted by Gasteiger charge is 2.44. The summed E-state index contributed by atoms with van der Waals surface area (Å²) in [5.74, 6) is 0.541. The number of piperidine rings is 1. The third-order valence-corrected chi connectivity index (χ3v) is 8.74. The summed E-state index contributed by atoms with van der Waals surface area (Å²) in [5.41, 5.74) is 3.02. The van der Waals surface area contributed by atoms with Crippen molar-refractivity contribution in [1.82, 2.24) is 15.4 Å². The number of anilines is 1. The van der Waals surface area contributed by atoms with Gasteiger partial charge in [-0.15, -0.1) is 5.10 Å². The quantitative estimate of drug-likeness (QED) is 0.235. The second-order valence-electron chi connectivity index (χ2n) is 10.7. The number of ether oxygens (including phenoxy) is 1. The Kier molecular flexibility index (Phi) is 6.53. The van der Waals surface area contributed by atoms with E-state index in [1.165, 1.54) is 6.07 Å². The number of aromatic nitrogens is 3. The predicted octanol–water partition coefficient (Wildman–Crippen LogP) is 6.99. The molecule has 2 aliphatic heterocycles. The van der Waals surface area contributed by atoms with E-state index in [9.17, 15) is 9.90 Å². The molecule has 4 heterocycles. The van der Waals surface area contributed by atoms with Crippen LogP contribution < -0.4 is 4.90 Å². The molecule has 40 heavy (non-hydrogen) atoms. The number of hydrogen-bond donors (Lipinski definition) is 1. The van der Waals surface area contributed by atoms with E-state index < -0.39 is 5.97 Å². The predicted molar refractivity (Wildman–Crippen MR) is 148 cm³/mol. The maximum Gasteiger partial charge on any atom is 0.335 e. The van der Waals surface area contributed by atoms with E-state index in [0.29, 0.717) is 51.3 Å². The summed E-state index contributed by atoms with van der Waals surface area (Å²) in [4.78, 5) is 13.6. The van der Waals surface area contributed by atoms with Gasteiger partial charge in [-0.3, -0.25) is 0 Å². The maximum atomic E-state index is 11.4. The fraction of sp³-hybridized carbons (Fsp3) is 0.379. The monoisotopic (exact) mass is 580 g/mol. The average Bonchev–Trinajstić information content (AvgIpc) is 3.41. The second-order valence-corrected chi connectivity index (χ2v) is 11.5. The average molecular weight is 581 g/mol. The van der Waals surface area contributed by atoms with E-state index in [2.05, 4.69) is 20.3 Å². The van der Waals surface area contributed by atoms with Crippen molar-refractivity contribution in [2.45, 2.75) is 69.2 Å². The smallest absolute Gasteiger partial charge is 0.335 e. The molecular formula is C29H26Cl2N4O5. The number of aromatic carboxylic acids is 1. The lowest BCUT2D eigenvalue weighted by molar-refractivity contribution is 0.0139. The number of carboxylic acids is 1. The van der Waals surface area contributed by atoms with Gasteiger partial charge in [0.15, 0.2) is 0 Å². The standard InChI is InChI=1S/C29H26Cl2N4O5/c30-22-5-2-6-23(31)24(22)25-21(26(40-34-25)15-7-8-15)14-38-20-12-18-9-10-19(13-20)35(18)29-33-32-27(39-29)16-3-1-4-17(11-16)28(36)37/h1-6,11,15,18-20H,7-10,12-14H2,(H,36,37). The molecule has 11 heteroatoms. The molecule has 1 N–H and O–H groups in total. The van der Waals surface area contributed by atoms with Crippen LogP contribution in [0.4, 0.5) is 6.01 Å². The summed E-state index contributed by atoms with van der Waals surface area (Å²) in [5, 5.41) is 23.3. The normalized spacial score (nSPS) is 22.1. The van der Waals surface area contributed by atoms with Crippen LogP contribution in [0.15, 0.2) is 51.4 Å². The summed E-state index contributed by atoms with van der Waals surface area (Å²) in [6.45, 7) is 0.376. The topological polar surface area (TPSA) is 115 Å². The summed E-state index contributed by atoms with van der Waals surface area (Å²) >= 11 is 13.0. The minimum atomic E-state index is -1.00. The van der Waals surface area contributed by atoms with Crippen molar-refractivity contribution >= 4 is 35.2 Å². The first-order valence-corrected chi connectivity index (χ1v) is 14.2. The van der Waals surface area contributed by atoms with Gasteiger partial charge in [0.25, 0.3) is 0 Å². The highest BCUT2D eigenvalue weighted by Crippen LogP contribution is 2.47. The molecule has 3 fully saturated rings. The van der Waals surface area contributed by atoms with E-state index in [-0.39, 0.29) is 23.8 Å². The van der Waals surface area contributed by atoms with E-state index in [0.717, 1.165) is 49.8 Å². The van der Waals surface area contributed by atoms with Gasteiger partial charge in [-0.05, 0) is 68.9 Å². The summed E-state index contributed by atoms with van der Waals surface area (Å²) in [6, 6.07) is 12.8. The first-order valence-electron chi connectivity index (χ1n) is 13.5. The zero-order valence-corrected chi connectivity index (χ0v) is 22.9. The van der Waals surface area contributed by atoms with Gasteiger partial charge in [-0.2, -0.15) is 0 Å². The molecule has 2 bridgehead atoms. The van der Waals surface area contributed by atoms with Gasteiger partial charge in [-0.25, -0.2) is 4.79 Å². The van der Waals surface area contributed by atoms with Crippen molar-refractivity contribution < 1.29 is 23.6 Å². The first kappa shape index (κ1) is 25.6. The van der Waals surface area contributed by atoms with Crippen LogP contribution in [-0.4, -0.2) is 44.6 Å². The number of carbonyl (C=O) groups is 1. The zero-order valence-electron chi connectivity index (χ0n) is 21.4. The Balaban J connectivity index is 1.07. The summed E-state index contributed by atoms with van der Waals surface area (Å²) < 4.78 is 18.4. The van der Waals surface area contributed by atoms with Crippen LogP contribution >= 0.6 is 23.2 Å². The van der Waals surface area contributed by atoms with Crippen LogP contribution in [0.25, 0.3) is 22.7 Å². The molecule has 2 aromatic heterocycles. The molecule has 4 aromatic rings. The van der Waals surface area contributed by atoms with Crippen LogP contribution in [0, 0.1) is 0 Å². The molecule has 2 atom stereocenters. The highest BCUT2D eigenvalue weighted by atomic mass is 35.5. The maximum absolute atomic E-state index is 11.4. The van der Waals surface area contributed by atoms with Gasteiger partial charge in [-0.1, -0.05) is 45.6 Å². The van der Waals surface area contributed by atoms with Crippen LogP contribution in [0.5, 0.6) is 0 Å². The van der Waals surface area contributed by atoms with Crippen molar-refractivity contribution in [3.8, 4) is 22.7 Å². The van der Waals surface area contributed by atoms with Gasteiger partial charge in [0.05, 0.1) is 28.3 Å². The lowest BCUT2D eigenvalue weighted by Crippen LogP contribution is -2.45. The van der Waals surface area contributed by atoms with Gasteiger partial charge in [0, 0.05) is 34.7 Å². The third kappa shape index (κ3) is 4.66. The Bertz CT molecular complexity index is 1550. The second kappa shape index (κ2) is 10.2. The number of nitrogens with zero attached hydrogens (tertiary/aromatic N) is 4. The lowest BCUT2D eigenvalue weighted by atomic mass is 10.00. The molecule has 3 aliphatic rings. The molecule has 206 valence electrons. The third-order valence-electron chi connectivity index (χ3n) is 8.11. The minimum Gasteiger partial charge on any atom is -0.478 e. The number of hydrogen-bond acceptors (Lipinski definition) is 8. The molecule has 1 saturated carbocycles. The fourth-order valence-electron chi connectivity index (χ4n) is 6.05. The lowest BCUT2D eigenvalue weighted by Gasteiger charge is -2.37. The van der Waals surface area contributed by atoms with Crippen LogP contribution in [0.1, 0.15) is 66.1 Å². The number of halogens is 2. The Morgan fingerprint density at radius 1 is 1.02 bits per heavy atom. The molecular weight excluding hydrogens is 555 g/mol. The number of fused-ring (bicyclic) bond motifs is 2.